The maximum absolute atomic E-state index is 14.7. The highest BCUT2D eigenvalue weighted by atomic mass is 28.4. The van der Waals surface area contributed by atoms with Crippen LogP contribution in [0.1, 0.15) is 30.2 Å². The highest BCUT2D eigenvalue weighted by molar-refractivity contribution is 6.71. The number of aliphatic hydroxyl groups excluding tert-OH is 1. The molecule has 2 amide bonds. The molecule has 2 aliphatic heterocycles. The lowest BCUT2D eigenvalue weighted by molar-refractivity contribution is -0.385. The Kier molecular flexibility index (Phi) is 9.00. The van der Waals surface area contributed by atoms with Gasteiger partial charge in [-0.25, -0.2) is 0 Å². The van der Waals surface area contributed by atoms with Crippen LogP contribution in [0.3, 0.4) is 0 Å². The Morgan fingerprint density at radius 3 is 2.46 bits per heavy atom. The fraction of sp³-hybridized carbons (Fsp3) is 0.353. The summed E-state index contributed by atoms with van der Waals surface area (Å²) in [6.07, 6.45) is 2.75. The molecule has 4 atom stereocenters. The topological polar surface area (TPSA) is 164 Å². The predicted octanol–water partition coefficient (Wildman–Crippen LogP) is 4.45. The zero-order valence-electron chi connectivity index (χ0n) is 27.0. The predicted molar refractivity (Wildman–Crippen MR) is 180 cm³/mol. The van der Waals surface area contributed by atoms with Crippen molar-refractivity contribution in [2.45, 2.75) is 63.2 Å². The number of amides is 2. The minimum Gasteiger partial charge on any atom is -0.432 e. The third kappa shape index (κ3) is 5.92. The van der Waals surface area contributed by atoms with Crippen LogP contribution in [0.15, 0.2) is 79.0 Å². The number of ether oxygens (including phenoxy) is 1. The first-order valence-electron chi connectivity index (χ1n) is 15.9. The van der Waals surface area contributed by atoms with Crippen LogP contribution in [0.2, 0.25) is 18.6 Å². The Balaban J connectivity index is 1.33. The molecule has 0 bridgehead atoms. The number of aromatic nitrogens is 3. The molecule has 6 rings (SSSR count). The van der Waals surface area contributed by atoms with Gasteiger partial charge in [0, 0.05) is 66.3 Å². The van der Waals surface area contributed by atoms with Crippen LogP contribution in [0.4, 0.5) is 22.7 Å². The molecule has 48 heavy (non-hydrogen) atoms. The number of nitro benzene ring substituents is 1. The van der Waals surface area contributed by atoms with Crippen LogP contribution in [0.25, 0.3) is 0 Å². The number of rotatable bonds is 12. The number of nitrogens with zero attached hydrogens (tertiary/aromatic N) is 6. The summed E-state index contributed by atoms with van der Waals surface area (Å²) in [7, 11) is -2.96. The zero-order chi connectivity index (χ0) is 34.2. The van der Waals surface area contributed by atoms with Gasteiger partial charge in [0.05, 0.1) is 29.0 Å². The molecule has 3 aromatic carbocycles. The largest absolute Gasteiger partial charge is 0.432 e. The van der Waals surface area contributed by atoms with Crippen molar-refractivity contribution in [3.63, 3.8) is 0 Å². The van der Waals surface area contributed by atoms with Crippen LogP contribution >= 0.6 is 0 Å². The zero-order valence-corrected chi connectivity index (χ0v) is 28.0. The first-order valence-corrected chi connectivity index (χ1v) is 18.9. The van der Waals surface area contributed by atoms with Gasteiger partial charge >= 0.3 is 0 Å². The number of carbonyl (C=O) groups excluding carboxylic acids is 2. The number of hydrogen-bond acceptors (Lipinski definition) is 9. The maximum Gasteiger partial charge on any atom is 0.269 e. The second-order valence-corrected chi connectivity index (χ2v) is 16.9. The Labute approximate surface area is 278 Å². The summed E-state index contributed by atoms with van der Waals surface area (Å²) in [6, 6.07) is 20.9. The van der Waals surface area contributed by atoms with E-state index in [0.717, 1.165) is 12.0 Å². The Hall–Kier alpha value is -4.76. The third-order valence-electron chi connectivity index (χ3n) is 9.47. The summed E-state index contributed by atoms with van der Waals surface area (Å²) < 4.78 is 8.46. The summed E-state index contributed by atoms with van der Waals surface area (Å²) in [5.74, 6) is -0.840. The van der Waals surface area contributed by atoms with Crippen molar-refractivity contribution in [2.75, 3.05) is 16.4 Å². The van der Waals surface area contributed by atoms with Crippen molar-refractivity contribution < 1.29 is 29.2 Å². The number of anilines is 3. The lowest BCUT2D eigenvalue weighted by Crippen LogP contribution is -2.46. The fourth-order valence-corrected chi connectivity index (χ4v) is 9.95. The summed E-state index contributed by atoms with van der Waals surface area (Å²) >= 11 is 0. The van der Waals surface area contributed by atoms with E-state index in [1.807, 2.05) is 62.5 Å². The molecule has 2 N–H and O–H groups in total. The van der Waals surface area contributed by atoms with Crippen molar-refractivity contribution in [1.82, 2.24) is 15.0 Å². The van der Waals surface area contributed by atoms with Crippen LogP contribution in [0, 0.1) is 16.0 Å². The van der Waals surface area contributed by atoms with Gasteiger partial charge in [0.15, 0.2) is 13.9 Å². The number of non-ortho nitro benzene ring substituents is 1. The van der Waals surface area contributed by atoms with Crippen molar-refractivity contribution in [3.8, 4) is 0 Å². The van der Waals surface area contributed by atoms with Crippen molar-refractivity contribution >= 4 is 43.4 Å². The van der Waals surface area contributed by atoms with Gasteiger partial charge in [0.25, 0.3) is 11.6 Å². The Morgan fingerprint density at radius 1 is 1.10 bits per heavy atom. The molecule has 13 nitrogen and oxygen atoms in total. The van der Waals surface area contributed by atoms with Gasteiger partial charge in [-0.1, -0.05) is 42.5 Å². The van der Waals surface area contributed by atoms with Gasteiger partial charge in [0.2, 0.25) is 6.41 Å². The van der Waals surface area contributed by atoms with Crippen molar-refractivity contribution in [2.24, 2.45) is 5.92 Å². The molecule has 1 aromatic heterocycles. The van der Waals surface area contributed by atoms with Crippen molar-refractivity contribution in [1.29, 1.82) is 0 Å². The van der Waals surface area contributed by atoms with E-state index >= 15 is 0 Å². The monoisotopic (exact) mass is 670 g/mol. The summed E-state index contributed by atoms with van der Waals surface area (Å²) in [5.41, 5.74) is 1.66. The van der Waals surface area contributed by atoms with E-state index in [-0.39, 0.29) is 30.3 Å². The third-order valence-corrected chi connectivity index (χ3v) is 12.0. The molecule has 1 saturated heterocycles. The SMILES string of the molecule is C[C@@H]1[C@@H]([Si](C)(C)O)[C@H](CCn2cc(CCO)nn2)O[C@@]12C(=O)N(Cc1ccc(N(C=O)c3ccccc3)cc1)c1ccc([N+](=O)[O-])cc12. The summed E-state index contributed by atoms with van der Waals surface area (Å²) in [6.45, 7) is 6.06. The molecule has 1 fully saturated rings. The van der Waals surface area contributed by atoms with Crippen LogP contribution < -0.4 is 9.80 Å². The minimum atomic E-state index is -2.96. The average molecular weight is 671 g/mol. The van der Waals surface area contributed by atoms with Crippen LogP contribution in [0.5, 0.6) is 0 Å². The van der Waals surface area contributed by atoms with E-state index in [9.17, 15) is 29.6 Å². The van der Waals surface area contributed by atoms with E-state index in [4.69, 9.17) is 4.74 Å². The van der Waals surface area contributed by atoms with E-state index in [2.05, 4.69) is 10.3 Å². The van der Waals surface area contributed by atoms with E-state index in [1.165, 1.54) is 17.0 Å². The molecule has 4 aromatic rings. The minimum absolute atomic E-state index is 0.0456. The van der Waals surface area contributed by atoms with Gasteiger partial charge in [0.1, 0.15) is 0 Å². The van der Waals surface area contributed by atoms with Gasteiger partial charge in [-0.2, -0.15) is 0 Å². The maximum atomic E-state index is 14.7. The second-order valence-electron chi connectivity index (χ2n) is 12.9. The molecule has 0 saturated carbocycles. The standard InChI is InChI=1S/C34H38N6O7Si/c1-23-32(48(2,3)46)31(15-17-37-21-25(16-18-41)35-36-37)47-34(23)29-19-28(40(44)45)13-14-30(29)38(33(34)43)20-24-9-11-27(12-10-24)39(22-42)26-7-5-4-6-8-26/h4-14,19,21-23,31-32,41,46H,15-18,20H2,1-3H3/t23-,31+,32-,34+/m1/s1. The molecule has 14 heteroatoms. The smallest absolute Gasteiger partial charge is 0.269 e. The van der Waals surface area contributed by atoms with Gasteiger partial charge in [-0.05, 0) is 55.4 Å². The molecule has 2 aliphatic rings. The number of nitro groups is 1. The van der Waals surface area contributed by atoms with Gasteiger partial charge in [-0.3, -0.25) is 29.3 Å². The quantitative estimate of drug-likeness (QED) is 0.0959. The summed E-state index contributed by atoms with van der Waals surface area (Å²) in [4.78, 5) is 52.8. The number of hydrogen-bond donors (Lipinski definition) is 2. The Morgan fingerprint density at radius 2 is 1.81 bits per heavy atom. The molecule has 3 heterocycles. The molecular weight excluding hydrogens is 632 g/mol. The number of carbonyl (C=O) groups is 2. The van der Waals surface area contributed by atoms with Crippen LogP contribution in [-0.4, -0.2) is 63.2 Å². The van der Waals surface area contributed by atoms with Gasteiger partial charge < -0.3 is 19.5 Å². The second kappa shape index (κ2) is 13.0. The van der Waals surface area contributed by atoms with E-state index in [0.29, 0.717) is 47.7 Å². The first-order chi connectivity index (χ1) is 23.0. The highest BCUT2D eigenvalue weighted by Crippen LogP contribution is 2.60. The lowest BCUT2D eigenvalue weighted by atomic mass is 9.82. The number of aryl methyl sites for hydroxylation is 1. The van der Waals surface area contributed by atoms with E-state index in [1.54, 1.807) is 34.0 Å². The average Bonchev–Trinajstić information content (AvgIpc) is 3.71. The van der Waals surface area contributed by atoms with Gasteiger partial charge in [-0.15, -0.1) is 5.10 Å². The molecular formula is C34H38N6O7Si. The van der Waals surface area contributed by atoms with E-state index < -0.39 is 30.9 Å². The molecule has 0 aliphatic carbocycles. The molecule has 0 radical (unpaired) electrons. The molecule has 250 valence electrons. The fourth-order valence-electron chi connectivity index (χ4n) is 7.35. The molecule has 0 unspecified atom stereocenters. The number of benzene rings is 3. The first kappa shape index (κ1) is 33.1. The highest BCUT2D eigenvalue weighted by Gasteiger charge is 2.66. The van der Waals surface area contributed by atoms with Crippen LogP contribution in [-0.2, 0) is 39.4 Å². The lowest BCUT2D eigenvalue weighted by Gasteiger charge is -2.32. The number of aliphatic hydroxyl groups is 1. The summed E-state index contributed by atoms with van der Waals surface area (Å²) in [5, 5.41) is 29.4. The molecule has 1 spiro atoms. The van der Waals surface area contributed by atoms with Crippen molar-refractivity contribution in [3.05, 3.63) is 106 Å². The normalized spacial score (nSPS) is 21.9. The number of para-hydroxylation sites is 1. The number of fused-ring (bicyclic) bond motifs is 2. The Bertz CT molecular complexity index is 1810.